The Morgan fingerprint density at radius 3 is 2.69 bits per heavy atom. The van der Waals surface area contributed by atoms with Crippen LogP contribution in [-0.2, 0) is 14.8 Å². The quantitative estimate of drug-likeness (QED) is 0.846. The molecule has 0 unspecified atom stereocenters. The first-order valence-corrected chi connectivity index (χ1v) is 9.62. The lowest BCUT2D eigenvalue weighted by Crippen LogP contribution is -2.32. The van der Waals surface area contributed by atoms with E-state index in [1.807, 2.05) is 24.3 Å². The highest BCUT2D eigenvalue weighted by molar-refractivity contribution is 7.90. The second-order valence-corrected chi connectivity index (χ2v) is 8.00. The van der Waals surface area contributed by atoms with E-state index >= 15 is 0 Å². The smallest absolute Gasteiger partial charge is 0.264 e. The lowest BCUT2D eigenvalue weighted by molar-refractivity contribution is -0.120. The van der Waals surface area contributed by atoms with Crippen LogP contribution in [0.1, 0.15) is 23.5 Å². The van der Waals surface area contributed by atoms with Crippen LogP contribution in [0.25, 0.3) is 0 Å². The number of methoxy groups -OCH3 is 1. The van der Waals surface area contributed by atoms with Gasteiger partial charge in [-0.2, -0.15) is 5.26 Å². The zero-order chi connectivity index (χ0) is 18.9. The lowest BCUT2D eigenvalue weighted by atomic mass is 10.1. The summed E-state index contributed by atoms with van der Waals surface area (Å²) >= 11 is 5.87. The summed E-state index contributed by atoms with van der Waals surface area (Å²) < 4.78 is 32.2. The molecule has 0 heterocycles. The summed E-state index contributed by atoms with van der Waals surface area (Å²) in [7, 11) is -2.51. The normalized spacial score (nSPS) is 18.7. The molecule has 0 bridgehead atoms. The van der Waals surface area contributed by atoms with E-state index in [-0.39, 0.29) is 21.4 Å². The average Bonchev–Trinajstić information content (AvgIpc) is 3.42. The summed E-state index contributed by atoms with van der Waals surface area (Å²) in [5.41, 5.74) is 1.05. The van der Waals surface area contributed by atoms with E-state index in [4.69, 9.17) is 21.6 Å². The molecular formula is C18H15ClN2O4S. The number of ether oxygens (including phenoxy) is 1. The summed E-state index contributed by atoms with van der Waals surface area (Å²) in [6.45, 7) is 0. The maximum absolute atomic E-state index is 12.4. The number of rotatable bonds is 5. The van der Waals surface area contributed by atoms with Gasteiger partial charge in [-0.3, -0.25) is 4.79 Å². The van der Waals surface area contributed by atoms with Crippen molar-refractivity contribution >= 4 is 27.5 Å². The van der Waals surface area contributed by atoms with Crippen LogP contribution in [-0.4, -0.2) is 21.4 Å². The van der Waals surface area contributed by atoms with Gasteiger partial charge in [-0.15, -0.1) is 0 Å². The minimum absolute atomic E-state index is 0.0149. The van der Waals surface area contributed by atoms with Gasteiger partial charge in [-0.25, -0.2) is 13.1 Å². The number of carbonyl (C=O) groups is 1. The number of hydrogen-bond acceptors (Lipinski definition) is 5. The van der Waals surface area contributed by atoms with E-state index in [1.54, 1.807) is 13.2 Å². The van der Waals surface area contributed by atoms with E-state index in [1.165, 1.54) is 12.1 Å². The number of benzene rings is 2. The molecule has 134 valence electrons. The fourth-order valence-corrected chi connectivity index (χ4v) is 4.16. The minimum atomic E-state index is -4.06. The van der Waals surface area contributed by atoms with E-state index in [0.29, 0.717) is 12.2 Å². The van der Waals surface area contributed by atoms with Crippen LogP contribution in [0.5, 0.6) is 5.75 Å². The highest BCUT2D eigenvalue weighted by Gasteiger charge is 2.46. The van der Waals surface area contributed by atoms with Crippen molar-refractivity contribution in [2.75, 3.05) is 7.11 Å². The van der Waals surface area contributed by atoms with E-state index < -0.39 is 21.8 Å². The van der Waals surface area contributed by atoms with Gasteiger partial charge < -0.3 is 4.74 Å². The van der Waals surface area contributed by atoms with E-state index in [0.717, 1.165) is 11.6 Å². The predicted octanol–water partition coefficient (Wildman–Crippen LogP) is 2.83. The maximum Gasteiger partial charge on any atom is 0.264 e. The molecule has 1 saturated carbocycles. The highest BCUT2D eigenvalue weighted by atomic mass is 35.5. The molecule has 1 aliphatic carbocycles. The van der Waals surface area contributed by atoms with Gasteiger partial charge in [0.05, 0.1) is 22.6 Å². The van der Waals surface area contributed by atoms with Crippen LogP contribution in [0.15, 0.2) is 47.4 Å². The summed E-state index contributed by atoms with van der Waals surface area (Å²) in [4.78, 5) is 12.2. The molecular weight excluding hydrogens is 376 g/mol. The van der Waals surface area contributed by atoms with Crippen molar-refractivity contribution in [2.45, 2.75) is 17.2 Å². The molecule has 3 rings (SSSR count). The SMILES string of the molecule is COc1ccccc1[C@H]1C[C@H]1C(=O)NS(=O)(=O)c1ccc(C#N)c(Cl)c1. The number of amides is 1. The molecule has 6 nitrogen and oxygen atoms in total. The van der Waals surface area contributed by atoms with Crippen molar-refractivity contribution in [1.82, 2.24) is 4.72 Å². The van der Waals surface area contributed by atoms with Crippen molar-refractivity contribution in [1.29, 1.82) is 5.26 Å². The number of para-hydroxylation sites is 1. The number of carbonyl (C=O) groups excluding carboxylic acids is 1. The first kappa shape index (κ1) is 18.2. The Kier molecular flexibility index (Phi) is 4.90. The molecule has 26 heavy (non-hydrogen) atoms. The Morgan fingerprint density at radius 2 is 2.04 bits per heavy atom. The van der Waals surface area contributed by atoms with Crippen LogP contribution >= 0.6 is 11.6 Å². The van der Waals surface area contributed by atoms with Gasteiger partial charge in [0.25, 0.3) is 10.0 Å². The van der Waals surface area contributed by atoms with Gasteiger partial charge in [-0.1, -0.05) is 29.8 Å². The van der Waals surface area contributed by atoms with Crippen LogP contribution in [0, 0.1) is 17.2 Å². The van der Waals surface area contributed by atoms with Gasteiger partial charge in [0, 0.05) is 5.92 Å². The molecule has 1 amide bonds. The van der Waals surface area contributed by atoms with Gasteiger partial charge in [0.15, 0.2) is 0 Å². The van der Waals surface area contributed by atoms with Crippen LogP contribution in [0.4, 0.5) is 0 Å². The van der Waals surface area contributed by atoms with Crippen molar-refractivity contribution in [3.8, 4) is 11.8 Å². The fraction of sp³-hybridized carbons (Fsp3) is 0.222. The average molecular weight is 391 g/mol. The van der Waals surface area contributed by atoms with Crippen LogP contribution in [0.3, 0.4) is 0 Å². The van der Waals surface area contributed by atoms with Crippen molar-refractivity contribution in [3.63, 3.8) is 0 Å². The summed E-state index contributed by atoms with van der Waals surface area (Å²) in [5, 5.41) is 8.87. The number of halogens is 1. The second kappa shape index (κ2) is 6.98. The highest BCUT2D eigenvalue weighted by Crippen LogP contribution is 2.50. The summed E-state index contributed by atoms with van der Waals surface area (Å²) in [6, 6.07) is 12.9. The Balaban J connectivity index is 1.74. The third-order valence-electron chi connectivity index (χ3n) is 4.27. The molecule has 2 aromatic rings. The molecule has 0 aliphatic heterocycles. The van der Waals surface area contributed by atoms with E-state index in [9.17, 15) is 13.2 Å². The summed E-state index contributed by atoms with van der Waals surface area (Å²) in [5.74, 6) is -0.406. The number of nitrogens with one attached hydrogen (secondary N) is 1. The predicted molar refractivity (Wildman–Crippen MR) is 95.3 cm³/mol. The fourth-order valence-electron chi connectivity index (χ4n) is 2.82. The van der Waals surface area contributed by atoms with Gasteiger partial charge in [-0.05, 0) is 42.2 Å². The molecule has 0 saturated heterocycles. The Bertz CT molecular complexity index is 1010. The lowest BCUT2D eigenvalue weighted by Gasteiger charge is -2.09. The zero-order valence-electron chi connectivity index (χ0n) is 13.8. The van der Waals surface area contributed by atoms with Crippen LogP contribution < -0.4 is 9.46 Å². The molecule has 8 heteroatoms. The standard InChI is InChI=1S/C18H15ClN2O4S/c1-25-17-5-3-2-4-13(17)14-9-15(14)18(22)21-26(23,24)12-7-6-11(10-20)16(19)8-12/h2-8,14-15H,9H2,1H3,(H,21,22)/t14-,15-/m1/s1. The number of sulfonamides is 1. The number of hydrogen-bond donors (Lipinski definition) is 1. The topological polar surface area (TPSA) is 96.3 Å². The van der Waals surface area contributed by atoms with Crippen molar-refractivity contribution in [3.05, 3.63) is 58.6 Å². The molecule has 1 aliphatic rings. The molecule has 1 fully saturated rings. The monoisotopic (exact) mass is 390 g/mol. The molecule has 0 aromatic heterocycles. The summed E-state index contributed by atoms with van der Waals surface area (Å²) in [6.07, 6.45) is 0.551. The number of nitrogens with zero attached hydrogens (tertiary/aromatic N) is 1. The van der Waals surface area contributed by atoms with Gasteiger partial charge >= 0.3 is 0 Å². The van der Waals surface area contributed by atoms with Gasteiger partial charge in [0.2, 0.25) is 5.91 Å². The molecule has 2 atom stereocenters. The van der Waals surface area contributed by atoms with Gasteiger partial charge in [0.1, 0.15) is 11.8 Å². The van der Waals surface area contributed by atoms with E-state index in [2.05, 4.69) is 4.72 Å². The molecule has 0 spiro atoms. The third-order valence-corrected chi connectivity index (χ3v) is 5.93. The minimum Gasteiger partial charge on any atom is -0.496 e. The first-order valence-electron chi connectivity index (χ1n) is 7.76. The first-order chi connectivity index (χ1) is 12.4. The molecule has 2 aromatic carbocycles. The Hall–Kier alpha value is -2.56. The van der Waals surface area contributed by atoms with Crippen molar-refractivity contribution < 1.29 is 17.9 Å². The Morgan fingerprint density at radius 1 is 1.31 bits per heavy atom. The van der Waals surface area contributed by atoms with Crippen LogP contribution in [0.2, 0.25) is 5.02 Å². The van der Waals surface area contributed by atoms with Crippen molar-refractivity contribution in [2.24, 2.45) is 5.92 Å². The maximum atomic E-state index is 12.4. The zero-order valence-corrected chi connectivity index (χ0v) is 15.3. The molecule has 1 N–H and O–H groups in total. The molecule has 0 radical (unpaired) electrons. The third kappa shape index (κ3) is 3.52. The second-order valence-electron chi connectivity index (χ2n) is 5.91. The largest absolute Gasteiger partial charge is 0.496 e. The number of nitriles is 1. The Labute approximate surface area is 156 Å².